The lowest BCUT2D eigenvalue weighted by molar-refractivity contribution is -0.116. The van der Waals surface area contributed by atoms with Crippen LogP contribution >= 0.6 is 0 Å². The van der Waals surface area contributed by atoms with Crippen LogP contribution < -0.4 is 20.5 Å². The summed E-state index contributed by atoms with van der Waals surface area (Å²) < 4.78 is 10.8. The summed E-state index contributed by atoms with van der Waals surface area (Å²) in [5.74, 6) is 1.17. The first kappa shape index (κ1) is 15.9. The fourth-order valence-electron chi connectivity index (χ4n) is 1.99. The van der Waals surface area contributed by atoms with Gasteiger partial charge in [0.05, 0.1) is 20.1 Å². The van der Waals surface area contributed by atoms with Gasteiger partial charge in [0.1, 0.15) is 0 Å². The second kappa shape index (κ2) is 8.05. The van der Waals surface area contributed by atoms with Gasteiger partial charge in [0.2, 0.25) is 5.91 Å². The minimum atomic E-state index is -0.107. The van der Waals surface area contributed by atoms with Crippen LogP contribution in [0.1, 0.15) is 12.0 Å². The van der Waals surface area contributed by atoms with E-state index < -0.39 is 0 Å². The molecule has 5 nitrogen and oxygen atoms in total. The van der Waals surface area contributed by atoms with E-state index >= 15 is 0 Å². The number of hydrogen-bond donors (Lipinski definition) is 2. The molecule has 0 aliphatic heterocycles. The van der Waals surface area contributed by atoms with Crippen LogP contribution in [0.25, 0.3) is 0 Å². The van der Waals surface area contributed by atoms with Crippen molar-refractivity contribution in [2.45, 2.75) is 13.0 Å². The molecule has 0 bridgehead atoms. The van der Waals surface area contributed by atoms with Crippen LogP contribution in [0.4, 0.5) is 5.69 Å². The molecule has 0 saturated carbocycles. The number of nitrogens with one attached hydrogen (secondary N) is 1. The number of rotatable bonds is 7. The summed E-state index contributed by atoms with van der Waals surface area (Å²) >= 11 is 0. The molecule has 0 unspecified atom stereocenters. The quantitative estimate of drug-likeness (QED) is 0.824. The van der Waals surface area contributed by atoms with Gasteiger partial charge < -0.3 is 20.5 Å². The Morgan fingerprint density at radius 3 is 2.64 bits per heavy atom. The van der Waals surface area contributed by atoms with Crippen LogP contribution in [-0.2, 0) is 11.3 Å². The Labute approximate surface area is 130 Å². The first-order chi connectivity index (χ1) is 10.7. The zero-order valence-electron chi connectivity index (χ0n) is 12.5. The monoisotopic (exact) mass is 300 g/mol. The first-order valence-corrected chi connectivity index (χ1v) is 7.07. The Balaban J connectivity index is 1.82. The SMILES string of the molecule is COc1ccccc1OCCC(=O)Nc1cccc(CN)c1. The second-order valence-electron chi connectivity index (χ2n) is 4.70. The first-order valence-electron chi connectivity index (χ1n) is 7.07. The van der Waals surface area contributed by atoms with Crippen molar-refractivity contribution in [2.24, 2.45) is 5.73 Å². The maximum absolute atomic E-state index is 11.9. The largest absolute Gasteiger partial charge is 0.493 e. The lowest BCUT2D eigenvalue weighted by Crippen LogP contribution is -2.15. The molecule has 2 rings (SSSR count). The Morgan fingerprint density at radius 1 is 1.14 bits per heavy atom. The zero-order chi connectivity index (χ0) is 15.8. The van der Waals surface area contributed by atoms with Gasteiger partial charge in [0.25, 0.3) is 0 Å². The number of nitrogens with two attached hydrogens (primary N) is 1. The second-order valence-corrected chi connectivity index (χ2v) is 4.70. The minimum absolute atomic E-state index is 0.107. The van der Waals surface area contributed by atoms with Crippen LogP contribution in [-0.4, -0.2) is 19.6 Å². The standard InChI is InChI=1S/C17H20N2O3/c1-21-15-7-2-3-8-16(15)22-10-9-17(20)19-14-6-4-5-13(11-14)12-18/h2-8,11H,9-10,12,18H2,1H3,(H,19,20). The molecular weight excluding hydrogens is 280 g/mol. The third kappa shape index (κ3) is 4.49. The van der Waals surface area contributed by atoms with Gasteiger partial charge in [0.15, 0.2) is 11.5 Å². The van der Waals surface area contributed by atoms with Gasteiger partial charge in [-0.1, -0.05) is 24.3 Å². The molecule has 116 valence electrons. The lowest BCUT2D eigenvalue weighted by Gasteiger charge is -2.10. The molecule has 0 heterocycles. The molecule has 22 heavy (non-hydrogen) atoms. The van der Waals surface area contributed by atoms with Crippen LogP contribution in [0.5, 0.6) is 11.5 Å². The van der Waals surface area contributed by atoms with E-state index in [2.05, 4.69) is 5.32 Å². The smallest absolute Gasteiger partial charge is 0.227 e. The highest BCUT2D eigenvalue weighted by Gasteiger charge is 2.06. The molecule has 0 saturated heterocycles. The molecule has 2 aromatic carbocycles. The number of benzene rings is 2. The number of amides is 1. The number of carbonyl (C=O) groups is 1. The van der Waals surface area contributed by atoms with Crippen molar-refractivity contribution >= 4 is 11.6 Å². The van der Waals surface area contributed by atoms with E-state index in [1.165, 1.54) is 0 Å². The predicted molar refractivity (Wildman–Crippen MR) is 86.1 cm³/mol. The summed E-state index contributed by atoms with van der Waals surface area (Å²) in [4.78, 5) is 11.9. The summed E-state index contributed by atoms with van der Waals surface area (Å²) in [6, 6.07) is 14.8. The van der Waals surface area contributed by atoms with Crippen molar-refractivity contribution < 1.29 is 14.3 Å². The van der Waals surface area contributed by atoms with Gasteiger partial charge >= 0.3 is 0 Å². The Hall–Kier alpha value is -2.53. The average molecular weight is 300 g/mol. The van der Waals surface area contributed by atoms with Crippen molar-refractivity contribution in [1.82, 2.24) is 0 Å². The minimum Gasteiger partial charge on any atom is -0.493 e. The van der Waals surface area contributed by atoms with Gasteiger partial charge in [-0.2, -0.15) is 0 Å². The highest BCUT2D eigenvalue weighted by Crippen LogP contribution is 2.25. The van der Waals surface area contributed by atoms with Crippen molar-refractivity contribution in [2.75, 3.05) is 19.0 Å². The molecule has 0 atom stereocenters. The van der Waals surface area contributed by atoms with E-state index in [1.54, 1.807) is 7.11 Å². The van der Waals surface area contributed by atoms with E-state index in [-0.39, 0.29) is 18.9 Å². The normalized spacial score (nSPS) is 10.1. The molecule has 0 aliphatic carbocycles. The molecule has 2 aromatic rings. The number of hydrogen-bond acceptors (Lipinski definition) is 4. The Bertz CT molecular complexity index is 629. The maximum atomic E-state index is 11.9. The molecule has 0 spiro atoms. The number of anilines is 1. The van der Waals surface area contributed by atoms with E-state index in [1.807, 2.05) is 48.5 Å². The predicted octanol–water partition coefficient (Wildman–Crippen LogP) is 2.56. The van der Waals surface area contributed by atoms with E-state index in [0.717, 1.165) is 11.3 Å². The van der Waals surface area contributed by atoms with Crippen LogP contribution in [0.15, 0.2) is 48.5 Å². The van der Waals surface area contributed by atoms with Crippen molar-refractivity contribution in [3.63, 3.8) is 0 Å². The number of para-hydroxylation sites is 2. The summed E-state index contributed by atoms with van der Waals surface area (Å²) in [5.41, 5.74) is 7.29. The maximum Gasteiger partial charge on any atom is 0.227 e. The van der Waals surface area contributed by atoms with E-state index in [4.69, 9.17) is 15.2 Å². The molecule has 1 amide bonds. The summed E-state index contributed by atoms with van der Waals surface area (Å²) in [6.45, 7) is 0.726. The van der Waals surface area contributed by atoms with Gasteiger partial charge in [-0.3, -0.25) is 4.79 Å². The Kier molecular flexibility index (Phi) is 5.80. The Morgan fingerprint density at radius 2 is 1.91 bits per heavy atom. The van der Waals surface area contributed by atoms with Gasteiger partial charge in [-0.15, -0.1) is 0 Å². The fourth-order valence-corrected chi connectivity index (χ4v) is 1.99. The number of methoxy groups -OCH3 is 1. The molecule has 0 fully saturated rings. The topological polar surface area (TPSA) is 73.6 Å². The summed E-state index contributed by atoms with van der Waals surface area (Å²) in [7, 11) is 1.58. The van der Waals surface area contributed by atoms with Gasteiger partial charge in [0, 0.05) is 12.2 Å². The number of ether oxygens (including phenoxy) is 2. The van der Waals surface area contributed by atoms with Crippen molar-refractivity contribution in [1.29, 1.82) is 0 Å². The highest BCUT2D eigenvalue weighted by atomic mass is 16.5. The lowest BCUT2D eigenvalue weighted by atomic mass is 10.2. The fraction of sp³-hybridized carbons (Fsp3) is 0.235. The molecule has 0 aliphatic rings. The molecule has 0 aromatic heterocycles. The van der Waals surface area contributed by atoms with Crippen LogP contribution in [0.2, 0.25) is 0 Å². The molecule has 5 heteroatoms. The molecule has 0 radical (unpaired) electrons. The third-order valence-electron chi connectivity index (χ3n) is 3.10. The molecular formula is C17H20N2O3. The zero-order valence-corrected chi connectivity index (χ0v) is 12.5. The van der Waals surface area contributed by atoms with E-state index in [9.17, 15) is 4.79 Å². The van der Waals surface area contributed by atoms with Gasteiger partial charge in [-0.25, -0.2) is 0 Å². The van der Waals surface area contributed by atoms with Crippen LogP contribution in [0, 0.1) is 0 Å². The summed E-state index contributed by atoms with van der Waals surface area (Å²) in [5, 5.41) is 2.83. The van der Waals surface area contributed by atoms with E-state index in [0.29, 0.717) is 18.0 Å². The average Bonchev–Trinajstić information content (AvgIpc) is 2.55. The summed E-state index contributed by atoms with van der Waals surface area (Å²) in [6.07, 6.45) is 0.255. The van der Waals surface area contributed by atoms with Gasteiger partial charge in [-0.05, 0) is 29.8 Å². The van der Waals surface area contributed by atoms with Crippen molar-refractivity contribution in [3.05, 3.63) is 54.1 Å². The van der Waals surface area contributed by atoms with Crippen LogP contribution in [0.3, 0.4) is 0 Å². The van der Waals surface area contributed by atoms with Crippen molar-refractivity contribution in [3.8, 4) is 11.5 Å². The molecule has 3 N–H and O–H groups in total. The number of carbonyl (C=O) groups excluding carboxylic acids is 1. The highest BCUT2D eigenvalue weighted by molar-refractivity contribution is 5.90. The third-order valence-corrected chi connectivity index (χ3v) is 3.10.